The number of rotatable bonds is 6. The Hall–Kier alpha value is -3.74. The molecule has 12 nitrogen and oxygen atoms in total. The molecule has 1 fully saturated rings. The van der Waals surface area contributed by atoms with Crippen molar-refractivity contribution in [3.8, 4) is 5.88 Å². The lowest BCUT2D eigenvalue weighted by Gasteiger charge is -2.38. The zero-order valence-electron chi connectivity index (χ0n) is 18.9. The van der Waals surface area contributed by atoms with Crippen LogP contribution in [-0.2, 0) is 19.6 Å². The van der Waals surface area contributed by atoms with Crippen LogP contribution in [0.15, 0.2) is 30.6 Å². The van der Waals surface area contributed by atoms with Gasteiger partial charge in [0.1, 0.15) is 11.4 Å². The van der Waals surface area contributed by atoms with Gasteiger partial charge in [-0.25, -0.2) is 18.4 Å². The molecule has 0 saturated carbocycles. The minimum atomic E-state index is -3.47. The standard InChI is InChI=1S/C21H26N6O6S/c1-12-4-6-16(13-5-7-17(23-9-13)26-34(3,31)32)27(11-12)21(30)19(29)25-14-8-15(18(22)28)20(33-2)24-10-14/h5,7-10,12,16H,4,6,11H2,1-3H3,(H2,22,28)(H,23,26)(H,25,29)/t12-,16+/m1/s1. The number of hydrogen-bond donors (Lipinski definition) is 3. The monoisotopic (exact) mass is 490 g/mol. The van der Waals surface area contributed by atoms with Crippen LogP contribution < -0.4 is 20.5 Å². The number of pyridine rings is 2. The van der Waals surface area contributed by atoms with Gasteiger partial charge in [-0.15, -0.1) is 0 Å². The number of carbonyl (C=O) groups excluding carboxylic acids is 3. The Kier molecular flexibility index (Phi) is 7.35. The number of methoxy groups -OCH3 is 1. The number of nitrogens with one attached hydrogen (secondary N) is 2. The molecule has 0 aromatic carbocycles. The highest BCUT2D eigenvalue weighted by Crippen LogP contribution is 2.33. The number of carbonyl (C=O) groups is 3. The molecule has 1 aliphatic rings. The van der Waals surface area contributed by atoms with Crippen LogP contribution in [0.3, 0.4) is 0 Å². The van der Waals surface area contributed by atoms with Crippen molar-refractivity contribution >= 4 is 39.3 Å². The fourth-order valence-electron chi connectivity index (χ4n) is 3.75. The number of hydrogen-bond acceptors (Lipinski definition) is 8. The van der Waals surface area contributed by atoms with Gasteiger partial charge in [0.25, 0.3) is 5.91 Å². The molecular formula is C21H26N6O6S. The first kappa shape index (κ1) is 24.9. The summed E-state index contributed by atoms with van der Waals surface area (Å²) in [4.78, 5) is 47.0. The zero-order chi connectivity index (χ0) is 25.0. The number of ether oxygens (including phenoxy) is 1. The lowest BCUT2D eigenvalue weighted by atomic mass is 9.90. The van der Waals surface area contributed by atoms with E-state index in [4.69, 9.17) is 10.5 Å². The van der Waals surface area contributed by atoms with E-state index in [1.807, 2.05) is 6.92 Å². The third-order valence-corrected chi connectivity index (χ3v) is 5.88. The van der Waals surface area contributed by atoms with Crippen molar-refractivity contribution in [2.24, 2.45) is 11.7 Å². The van der Waals surface area contributed by atoms with Crippen molar-refractivity contribution in [2.75, 3.05) is 29.9 Å². The minimum Gasteiger partial charge on any atom is -0.480 e. The lowest BCUT2D eigenvalue weighted by molar-refractivity contribution is -0.146. The van der Waals surface area contributed by atoms with Gasteiger partial charge in [0.05, 0.1) is 31.3 Å². The molecule has 4 N–H and O–H groups in total. The van der Waals surface area contributed by atoms with Crippen LogP contribution in [-0.4, -0.2) is 60.9 Å². The Labute approximate surface area is 196 Å². The van der Waals surface area contributed by atoms with E-state index >= 15 is 0 Å². The van der Waals surface area contributed by atoms with E-state index in [9.17, 15) is 22.8 Å². The Morgan fingerprint density at radius 1 is 1.18 bits per heavy atom. The molecule has 0 radical (unpaired) electrons. The summed E-state index contributed by atoms with van der Waals surface area (Å²) in [6, 6.07) is 4.05. The lowest BCUT2D eigenvalue weighted by Crippen LogP contribution is -2.46. The number of likely N-dealkylation sites (tertiary alicyclic amines) is 1. The van der Waals surface area contributed by atoms with Crippen LogP contribution in [0.2, 0.25) is 0 Å². The fraction of sp³-hybridized carbons (Fsp3) is 0.381. The van der Waals surface area contributed by atoms with E-state index in [1.165, 1.54) is 36.5 Å². The molecule has 2 atom stereocenters. The first-order chi connectivity index (χ1) is 16.0. The van der Waals surface area contributed by atoms with Gasteiger partial charge >= 0.3 is 11.8 Å². The van der Waals surface area contributed by atoms with Gasteiger partial charge in [-0.3, -0.25) is 19.1 Å². The topological polar surface area (TPSA) is 174 Å². The number of amides is 3. The molecule has 3 amide bonds. The quantitative estimate of drug-likeness (QED) is 0.501. The second-order valence-corrected chi connectivity index (χ2v) is 9.85. The van der Waals surface area contributed by atoms with Crippen LogP contribution >= 0.6 is 0 Å². The van der Waals surface area contributed by atoms with Crippen molar-refractivity contribution in [1.82, 2.24) is 14.9 Å². The van der Waals surface area contributed by atoms with E-state index in [0.717, 1.165) is 12.7 Å². The van der Waals surface area contributed by atoms with Crippen LogP contribution in [0.5, 0.6) is 5.88 Å². The van der Waals surface area contributed by atoms with Crippen molar-refractivity contribution < 1.29 is 27.5 Å². The molecule has 0 spiro atoms. The highest BCUT2D eigenvalue weighted by molar-refractivity contribution is 7.92. The highest BCUT2D eigenvalue weighted by atomic mass is 32.2. The average molecular weight is 491 g/mol. The van der Waals surface area contributed by atoms with Gasteiger partial charge in [-0.1, -0.05) is 13.0 Å². The summed E-state index contributed by atoms with van der Waals surface area (Å²) in [7, 11) is -2.15. The minimum absolute atomic E-state index is 0.00283. The molecule has 1 saturated heterocycles. The number of aromatic nitrogens is 2. The molecule has 0 bridgehead atoms. The van der Waals surface area contributed by atoms with Crippen molar-refractivity contribution in [3.05, 3.63) is 41.7 Å². The first-order valence-corrected chi connectivity index (χ1v) is 12.3. The first-order valence-electron chi connectivity index (χ1n) is 10.4. The van der Waals surface area contributed by atoms with Gasteiger partial charge in [0, 0.05) is 12.7 Å². The normalized spacial score (nSPS) is 18.1. The largest absolute Gasteiger partial charge is 0.480 e. The van der Waals surface area contributed by atoms with E-state index in [2.05, 4.69) is 20.0 Å². The van der Waals surface area contributed by atoms with Gasteiger partial charge in [-0.2, -0.15) is 0 Å². The maximum absolute atomic E-state index is 13.1. The van der Waals surface area contributed by atoms with Gasteiger partial charge in [0.2, 0.25) is 15.9 Å². The molecule has 0 aliphatic carbocycles. The summed E-state index contributed by atoms with van der Waals surface area (Å²) in [5.41, 5.74) is 6.08. The zero-order valence-corrected chi connectivity index (χ0v) is 19.8. The summed E-state index contributed by atoms with van der Waals surface area (Å²) in [6.45, 7) is 2.34. The molecule has 34 heavy (non-hydrogen) atoms. The van der Waals surface area contributed by atoms with E-state index < -0.39 is 33.8 Å². The van der Waals surface area contributed by atoms with E-state index in [-0.39, 0.29) is 28.9 Å². The van der Waals surface area contributed by atoms with Crippen molar-refractivity contribution in [1.29, 1.82) is 0 Å². The molecular weight excluding hydrogens is 464 g/mol. The summed E-state index contributed by atoms with van der Waals surface area (Å²) < 4.78 is 30.1. The van der Waals surface area contributed by atoms with Crippen molar-refractivity contribution in [2.45, 2.75) is 25.8 Å². The summed E-state index contributed by atoms with van der Waals surface area (Å²) in [5.74, 6) is -2.11. The molecule has 3 rings (SSSR count). The number of sulfonamides is 1. The molecule has 1 aliphatic heterocycles. The third kappa shape index (κ3) is 5.98. The van der Waals surface area contributed by atoms with Gasteiger partial charge in [-0.05, 0) is 36.5 Å². The Morgan fingerprint density at radius 3 is 2.50 bits per heavy atom. The Morgan fingerprint density at radius 2 is 1.91 bits per heavy atom. The maximum atomic E-state index is 13.1. The smallest absolute Gasteiger partial charge is 0.313 e. The van der Waals surface area contributed by atoms with Crippen LogP contribution in [0.4, 0.5) is 11.5 Å². The number of nitrogens with two attached hydrogens (primary N) is 1. The number of primary amides is 1. The molecule has 13 heteroatoms. The van der Waals surface area contributed by atoms with Crippen molar-refractivity contribution in [3.63, 3.8) is 0 Å². The molecule has 3 heterocycles. The SMILES string of the molecule is COc1ncc(NC(=O)C(=O)N2C[C@H](C)CC[C@H]2c2ccc(NS(C)(=O)=O)nc2)cc1C(N)=O. The van der Waals surface area contributed by atoms with E-state index in [0.29, 0.717) is 18.5 Å². The summed E-state index contributed by atoms with van der Waals surface area (Å²) in [5, 5.41) is 2.46. The molecule has 2 aromatic heterocycles. The number of piperidine rings is 1. The second kappa shape index (κ2) is 10.0. The summed E-state index contributed by atoms with van der Waals surface area (Å²) in [6.07, 6.45) is 5.21. The van der Waals surface area contributed by atoms with Crippen LogP contribution in [0.25, 0.3) is 0 Å². The second-order valence-electron chi connectivity index (χ2n) is 8.11. The predicted octanol–water partition coefficient (Wildman–Crippen LogP) is 0.894. The number of anilines is 2. The Bertz CT molecular complexity index is 1200. The number of nitrogens with zero attached hydrogens (tertiary/aromatic N) is 3. The fourth-order valence-corrected chi connectivity index (χ4v) is 4.25. The Balaban J connectivity index is 1.80. The van der Waals surface area contributed by atoms with E-state index in [1.54, 1.807) is 6.07 Å². The average Bonchev–Trinajstić information content (AvgIpc) is 2.78. The third-order valence-electron chi connectivity index (χ3n) is 5.30. The van der Waals surface area contributed by atoms with Crippen LogP contribution in [0.1, 0.15) is 41.7 Å². The maximum Gasteiger partial charge on any atom is 0.313 e. The van der Waals surface area contributed by atoms with Crippen LogP contribution in [0, 0.1) is 5.92 Å². The highest BCUT2D eigenvalue weighted by Gasteiger charge is 2.34. The molecule has 0 unspecified atom stereocenters. The van der Waals surface area contributed by atoms with Gasteiger partial charge < -0.3 is 20.7 Å². The molecule has 2 aromatic rings. The molecule has 182 valence electrons. The van der Waals surface area contributed by atoms with Gasteiger partial charge in [0.15, 0.2) is 0 Å². The summed E-state index contributed by atoms with van der Waals surface area (Å²) >= 11 is 0. The predicted molar refractivity (Wildman–Crippen MR) is 123 cm³/mol.